The summed E-state index contributed by atoms with van der Waals surface area (Å²) in [5, 5.41) is 15.8. The van der Waals surface area contributed by atoms with Gasteiger partial charge in [0.25, 0.3) is 0 Å². The number of hydrogen-bond donors (Lipinski definition) is 1. The van der Waals surface area contributed by atoms with E-state index in [-0.39, 0.29) is 11.3 Å². The number of fused-ring (bicyclic) bond motifs is 1. The van der Waals surface area contributed by atoms with E-state index in [0.29, 0.717) is 28.8 Å². The van der Waals surface area contributed by atoms with Gasteiger partial charge in [0.1, 0.15) is 11.1 Å². The molecule has 4 rings (SSSR count). The molecule has 0 saturated carbocycles. The Morgan fingerprint density at radius 1 is 1.29 bits per heavy atom. The first-order valence-electron chi connectivity index (χ1n) is 11.3. The van der Waals surface area contributed by atoms with Crippen LogP contribution < -0.4 is 5.32 Å². The Kier molecular flexibility index (Phi) is 7.76. The van der Waals surface area contributed by atoms with Crippen LogP contribution in [0.3, 0.4) is 0 Å². The van der Waals surface area contributed by atoms with E-state index >= 15 is 0 Å². The molecule has 2 heterocycles. The lowest BCUT2D eigenvalue weighted by Crippen LogP contribution is -2.27. The number of amides is 1. The number of pyridine rings is 1. The molecule has 0 radical (unpaired) electrons. The fourth-order valence-electron chi connectivity index (χ4n) is 4.08. The standard InChI is InChI=1S/C26H27BrN4OS2/c1-26(2,3)19-6-9-21-17(13-19)12-18(14-28)24(29-21)33-11-10-23(32)31-25-30-22(15-34-25)16-4-7-20(27)8-5-16/h4-5,7-8,12,15,19H,6,9-11,13H2,1-3H3,(H,30,31,32). The SMILES string of the molecule is CC(C)(C)C1CCc2nc(SCCC(=O)Nc3nc(-c4ccc(Br)cc4)cs3)c(C#N)cc2C1. The van der Waals surface area contributed by atoms with E-state index in [1.807, 2.05) is 35.7 Å². The third-order valence-electron chi connectivity index (χ3n) is 6.16. The molecule has 2 aromatic heterocycles. The van der Waals surface area contributed by atoms with E-state index in [1.54, 1.807) is 0 Å². The first kappa shape index (κ1) is 24.9. The molecule has 1 aliphatic rings. The first-order chi connectivity index (χ1) is 16.2. The van der Waals surface area contributed by atoms with Crippen LogP contribution in [0.5, 0.6) is 0 Å². The van der Waals surface area contributed by atoms with Gasteiger partial charge in [-0.2, -0.15) is 5.26 Å². The predicted molar refractivity (Wildman–Crippen MR) is 143 cm³/mol. The number of anilines is 1. The smallest absolute Gasteiger partial charge is 0.226 e. The van der Waals surface area contributed by atoms with Crippen molar-refractivity contribution in [3.63, 3.8) is 0 Å². The molecule has 1 amide bonds. The number of aromatic nitrogens is 2. The molecule has 1 aliphatic carbocycles. The van der Waals surface area contributed by atoms with Crippen molar-refractivity contribution in [2.45, 2.75) is 51.5 Å². The van der Waals surface area contributed by atoms with Crippen LogP contribution in [0, 0.1) is 22.7 Å². The molecule has 1 N–H and O–H groups in total. The zero-order valence-electron chi connectivity index (χ0n) is 19.5. The Morgan fingerprint density at radius 2 is 2.06 bits per heavy atom. The van der Waals surface area contributed by atoms with Crippen molar-refractivity contribution in [1.82, 2.24) is 9.97 Å². The highest BCUT2D eigenvalue weighted by atomic mass is 79.9. The molecule has 0 bridgehead atoms. The number of benzene rings is 1. The summed E-state index contributed by atoms with van der Waals surface area (Å²) >= 11 is 6.32. The van der Waals surface area contributed by atoms with Crippen LogP contribution in [0.4, 0.5) is 5.13 Å². The number of thiazole rings is 1. The van der Waals surface area contributed by atoms with Crippen molar-refractivity contribution >= 4 is 50.1 Å². The molecule has 1 unspecified atom stereocenters. The van der Waals surface area contributed by atoms with Crippen LogP contribution in [0.1, 0.15) is 50.4 Å². The van der Waals surface area contributed by atoms with Gasteiger partial charge in [0.05, 0.1) is 11.3 Å². The summed E-state index contributed by atoms with van der Waals surface area (Å²) in [6.07, 6.45) is 3.37. The van der Waals surface area contributed by atoms with Gasteiger partial charge in [-0.25, -0.2) is 9.97 Å². The number of aryl methyl sites for hydroxylation is 1. The lowest BCUT2D eigenvalue weighted by Gasteiger charge is -2.34. The van der Waals surface area contributed by atoms with Crippen LogP contribution in [0.15, 0.2) is 45.2 Å². The Balaban J connectivity index is 1.33. The largest absolute Gasteiger partial charge is 0.302 e. The van der Waals surface area contributed by atoms with Gasteiger partial charge in [0, 0.05) is 33.3 Å². The van der Waals surface area contributed by atoms with Crippen molar-refractivity contribution in [1.29, 1.82) is 5.26 Å². The topological polar surface area (TPSA) is 78.7 Å². The Hall–Kier alpha value is -2.21. The molecule has 0 fully saturated rings. The van der Waals surface area contributed by atoms with E-state index in [9.17, 15) is 10.1 Å². The fraction of sp³-hybridized carbons (Fsp3) is 0.385. The molecule has 3 aromatic rings. The molecule has 176 valence electrons. The second kappa shape index (κ2) is 10.6. The second-order valence-electron chi connectivity index (χ2n) is 9.56. The van der Waals surface area contributed by atoms with Crippen molar-refractivity contribution < 1.29 is 4.79 Å². The molecule has 0 spiro atoms. The summed E-state index contributed by atoms with van der Waals surface area (Å²) in [6.45, 7) is 6.84. The van der Waals surface area contributed by atoms with E-state index in [1.165, 1.54) is 28.7 Å². The Bertz CT molecular complexity index is 1230. The second-order valence-corrected chi connectivity index (χ2v) is 12.4. The van der Waals surface area contributed by atoms with Gasteiger partial charge in [-0.05, 0) is 54.4 Å². The van der Waals surface area contributed by atoms with Gasteiger partial charge in [0.15, 0.2) is 5.13 Å². The molecule has 0 aliphatic heterocycles. The van der Waals surface area contributed by atoms with Crippen LogP contribution in [-0.4, -0.2) is 21.6 Å². The maximum atomic E-state index is 12.5. The van der Waals surface area contributed by atoms with Gasteiger partial charge in [0.2, 0.25) is 5.91 Å². The third-order valence-corrected chi connectivity index (χ3v) is 8.43. The quantitative estimate of drug-likeness (QED) is 0.328. The number of rotatable bonds is 6. The van der Waals surface area contributed by atoms with Gasteiger partial charge < -0.3 is 5.32 Å². The average molecular weight is 556 g/mol. The Morgan fingerprint density at radius 3 is 2.76 bits per heavy atom. The van der Waals surface area contributed by atoms with Gasteiger partial charge in [-0.3, -0.25) is 4.79 Å². The van der Waals surface area contributed by atoms with E-state index in [4.69, 9.17) is 4.98 Å². The number of nitrogens with one attached hydrogen (secondary N) is 1. The zero-order chi connectivity index (χ0) is 24.3. The van der Waals surface area contributed by atoms with E-state index in [2.05, 4.69) is 53.1 Å². The predicted octanol–water partition coefficient (Wildman–Crippen LogP) is 7.11. The highest BCUT2D eigenvalue weighted by Gasteiger charge is 2.30. The molecule has 34 heavy (non-hydrogen) atoms. The van der Waals surface area contributed by atoms with Crippen molar-refractivity contribution in [2.75, 3.05) is 11.1 Å². The van der Waals surface area contributed by atoms with E-state index in [0.717, 1.165) is 45.7 Å². The fourth-order valence-corrected chi connectivity index (χ4v) is 6.00. The number of carbonyl (C=O) groups is 1. The van der Waals surface area contributed by atoms with E-state index < -0.39 is 0 Å². The number of nitriles is 1. The molecule has 5 nitrogen and oxygen atoms in total. The molecular weight excluding hydrogens is 528 g/mol. The number of carbonyl (C=O) groups excluding carboxylic acids is 1. The number of halogens is 1. The van der Waals surface area contributed by atoms with Gasteiger partial charge >= 0.3 is 0 Å². The lowest BCUT2D eigenvalue weighted by molar-refractivity contribution is -0.115. The minimum atomic E-state index is -0.0892. The maximum Gasteiger partial charge on any atom is 0.226 e. The highest BCUT2D eigenvalue weighted by Crippen LogP contribution is 2.38. The van der Waals surface area contributed by atoms with Gasteiger partial charge in [-0.1, -0.05) is 48.8 Å². The van der Waals surface area contributed by atoms with Crippen LogP contribution in [0.25, 0.3) is 11.3 Å². The summed E-state index contributed by atoms with van der Waals surface area (Å²) in [5.41, 5.74) is 5.02. The Labute approximate surface area is 217 Å². The molecule has 8 heteroatoms. The average Bonchev–Trinajstić information content (AvgIpc) is 3.26. The monoisotopic (exact) mass is 554 g/mol. The zero-order valence-corrected chi connectivity index (χ0v) is 22.7. The summed E-state index contributed by atoms with van der Waals surface area (Å²) in [6, 6.07) is 12.2. The van der Waals surface area contributed by atoms with Crippen molar-refractivity contribution in [3.05, 3.63) is 57.0 Å². The number of hydrogen-bond acceptors (Lipinski definition) is 6. The van der Waals surface area contributed by atoms with Crippen LogP contribution in [-0.2, 0) is 17.6 Å². The number of nitrogens with zero attached hydrogens (tertiary/aromatic N) is 3. The minimum absolute atomic E-state index is 0.0892. The summed E-state index contributed by atoms with van der Waals surface area (Å²) in [5.74, 6) is 1.07. The number of thioether (sulfide) groups is 1. The summed E-state index contributed by atoms with van der Waals surface area (Å²) in [4.78, 5) is 21.8. The molecule has 0 saturated heterocycles. The molecule has 1 atom stereocenters. The van der Waals surface area contributed by atoms with Gasteiger partial charge in [-0.15, -0.1) is 23.1 Å². The van der Waals surface area contributed by atoms with Crippen molar-refractivity contribution in [3.8, 4) is 17.3 Å². The van der Waals surface area contributed by atoms with Crippen molar-refractivity contribution in [2.24, 2.45) is 11.3 Å². The molecular formula is C26H27BrN4OS2. The maximum absolute atomic E-state index is 12.5. The van der Waals surface area contributed by atoms with Crippen LogP contribution in [0.2, 0.25) is 0 Å². The lowest BCUT2D eigenvalue weighted by atomic mass is 9.71. The summed E-state index contributed by atoms with van der Waals surface area (Å²) < 4.78 is 1.01. The van der Waals surface area contributed by atoms with Crippen LogP contribution >= 0.6 is 39.0 Å². The molecule has 1 aromatic carbocycles. The highest BCUT2D eigenvalue weighted by molar-refractivity contribution is 9.10. The third kappa shape index (κ3) is 6.07. The minimum Gasteiger partial charge on any atom is -0.302 e. The summed E-state index contributed by atoms with van der Waals surface area (Å²) in [7, 11) is 0. The normalized spacial score (nSPS) is 15.4. The first-order valence-corrected chi connectivity index (χ1v) is 14.0.